The van der Waals surface area contributed by atoms with Gasteiger partial charge in [0.2, 0.25) is 10.3 Å². The first-order valence-corrected chi connectivity index (χ1v) is 6.50. The Hall–Kier alpha value is -0.350. The van der Waals surface area contributed by atoms with E-state index in [1.54, 1.807) is 0 Å². The van der Waals surface area contributed by atoms with Gasteiger partial charge in [0.25, 0.3) is 0 Å². The Bertz CT molecular complexity index is 250. The lowest BCUT2D eigenvalue weighted by atomic mass is 10.2. The zero-order valence-electron chi connectivity index (χ0n) is 9.49. The van der Waals surface area contributed by atoms with Gasteiger partial charge < -0.3 is 4.48 Å². The van der Waals surface area contributed by atoms with Gasteiger partial charge in [0.1, 0.15) is 0 Å². The van der Waals surface area contributed by atoms with Crippen molar-refractivity contribution in [3.8, 4) is 0 Å². The second-order valence-corrected chi connectivity index (χ2v) is 4.44. The third kappa shape index (κ3) is 4.77. The molecule has 0 atom stereocenters. The first kappa shape index (κ1) is 13.7. The van der Waals surface area contributed by atoms with Crippen LogP contribution in [-0.2, 0) is 10.3 Å². The molecule has 0 saturated heterocycles. The summed E-state index contributed by atoms with van der Waals surface area (Å²) >= 11 is 0. The number of unbranched alkanes of at least 4 members (excludes halogenated alkanes) is 1. The SMILES string of the molecule is CC[N+](CC)(CC)CCCC=S(=O)=O. The molecule has 84 valence electrons. The Labute approximate surface area is 88.9 Å². The standard InChI is InChI=1S/C10H22NO2S/c1-4-11(5-2,6-3)9-7-8-10-14(12)13/h10H,4-9H2,1-3H3/q+1. The van der Waals surface area contributed by atoms with Crippen LogP contribution in [0.1, 0.15) is 33.6 Å². The Morgan fingerprint density at radius 3 is 1.93 bits per heavy atom. The fraction of sp³-hybridized carbons (Fsp3) is 0.900. The Morgan fingerprint density at radius 2 is 1.57 bits per heavy atom. The largest absolute Gasteiger partial charge is 0.324 e. The van der Waals surface area contributed by atoms with Gasteiger partial charge in [0.05, 0.1) is 26.2 Å². The van der Waals surface area contributed by atoms with Gasteiger partial charge in [-0.2, -0.15) is 8.42 Å². The molecular weight excluding hydrogens is 198 g/mol. The molecule has 0 fully saturated rings. The third-order valence-electron chi connectivity index (χ3n) is 3.10. The molecule has 0 aromatic rings. The van der Waals surface area contributed by atoms with Gasteiger partial charge in [-0.3, -0.25) is 0 Å². The highest BCUT2D eigenvalue weighted by molar-refractivity contribution is 7.71. The van der Waals surface area contributed by atoms with Crippen molar-refractivity contribution in [3.05, 3.63) is 0 Å². The van der Waals surface area contributed by atoms with Crippen LogP contribution >= 0.6 is 0 Å². The van der Waals surface area contributed by atoms with E-state index in [-0.39, 0.29) is 0 Å². The monoisotopic (exact) mass is 220 g/mol. The van der Waals surface area contributed by atoms with E-state index in [1.807, 2.05) is 0 Å². The average molecular weight is 220 g/mol. The molecular formula is C10H22NO2S+. The second kappa shape index (κ2) is 7.01. The number of hydrogen-bond acceptors (Lipinski definition) is 2. The molecule has 0 amide bonds. The van der Waals surface area contributed by atoms with Gasteiger partial charge in [0, 0.05) is 11.8 Å². The Morgan fingerprint density at radius 1 is 1.07 bits per heavy atom. The first-order valence-electron chi connectivity index (χ1n) is 5.36. The molecule has 3 nitrogen and oxygen atoms in total. The van der Waals surface area contributed by atoms with Crippen LogP contribution in [-0.4, -0.2) is 44.4 Å². The number of nitrogens with zero attached hydrogens (tertiary/aromatic N) is 1. The normalized spacial score (nSPS) is 11.4. The Kier molecular flexibility index (Phi) is 6.83. The minimum Gasteiger partial charge on any atom is -0.324 e. The van der Waals surface area contributed by atoms with Gasteiger partial charge in [-0.1, -0.05) is 0 Å². The molecule has 14 heavy (non-hydrogen) atoms. The molecule has 0 N–H and O–H groups in total. The molecule has 0 aliphatic carbocycles. The minimum atomic E-state index is -1.98. The molecule has 0 bridgehead atoms. The Balaban J connectivity index is 4.00. The molecule has 0 spiro atoms. The summed E-state index contributed by atoms with van der Waals surface area (Å²) in [6.07, 6.45) is 1.64. The minimum absolute atomic E-state index is 0.677. The van der Waals surface area contributed by atoms with Crippen molar-refractivity contribution in [3.63, 3.8) is 0 Å². The summed E-state index contributed by atoms with van der Waals surface area (Å²) in [5, 5.41) is 1.36. The number of rotatable bonds is 7. The lowest BCUT2D eigenvalue weighted by molar-refractivity contribution is -0.923. The highest BCUT2D eigenvalue weighted by atomic mass is 32.2. The van der Waals surface area contributed by atoms with E-state index in [2.05, 4.69) is 20.8 Å². The summed E-state index contributed by atoms with van der Waals surface area (Å²) in [6, 6.07) is 0. The fourth-order valence-corrected chi connectivity index (χ4v) is 2.11. The van der Waals surface area contributed by atoms with E-state index in [0.717, 1.165) is 37.1 Å². The van der Waals surface area contributed by atoms with Crippen LogP contribution in [0.25, 0.3) is 0 Å². The maximum atomic E-state index is 10.3. The summed E-state index contributed by atoms with van der Waals surface area (Å²) in [5.41, 5.74) is 0. The summed E-state index contributed by atoms with van der Waals surface area (Å²) in [6.45, 7) is 11.1. The van der Waals surface area contributed by atoms with Gasteiger partial charge in [-0.05, 0) is 27.2 Å². The van der Waals surface area contributed by atoms with Crippen LogP contribution in [0.3, 0.4) is 0 Å². The van der Waals surface area contributed by atoms with Crippen molar-refractivity contribution >= 4 is 15.7 Å². The quantitative estimate of drug-likeness (QED) is 0.368. The van der Waals surface area contributed by atoms with Crippen LogP contribution in [0, 0.1) is 0 Å². The molecule has 0 saturated carbocycles. The highest BCUT2D eigenvalue weighted by Gasteiger charge is 2.19. The van der Waals surface area contributed by atoms with E-state index < -0.39 is 10.3 Å². The van der Waals surface area contributed by atoms with Crippen molar-refractivity contribution in [2.75, 3.05) is 26.2 Å². The van der Waals surface area contributed by atoms with Gasteiger partial charge in [-0.25, -0.2) is 0 Å². The lowest BCUT2D eigenvalue weighted by Gasteiger charge is -2.35. The molecule has 0 aliphatic heterocycles. The second-order valence-electron chi connectivity index (χ2n) is 3.58. The van der Waals surface area contributed by atoms with E-state index in [4.69, 9.17) is 0 Å². The van der Waals surface area contributed by atoms with Gasteiger partial charge >= 0.3 is 0 Å². The predicted octanol–water partition coefficient (Wildman–Crippen LogP) is 1.32. The number of hydrogen-bond donors (Lipinski definition) is 0. The van der Waals surface area contributed by atoms with Crippen LogP contribution in [0.4, 0.5) is 0 Å². The molecule has 0 rings (SSSR count). The molecule has 0 aliphatic rings. The molecule has 0 radical (unpaired) electrons. The average Bonchev–Trinajstić information content (AvgIpc) is 2.19. The van der Waals surface area contributed by atoms with Crippen LogP contribution in [0.5, 0.6) is 0 Å². The maximum Gasteiger partial charge on any atom is 0.209 e. The van der Waals surface area contributed by atoms with Crippen molar-refractivity contribution in [1.82, 2.24) is 0 Å². The predicted molar refractivity (Wildman–Crippen MR) is 61.0 cm³/mol. The summed E-state index contributed by atoms with van der Waals surface area (Å²) in [5.74, 6) is 0. The third-order valence-corrected chi connectivity index (χ3v) is 3.61. The zero-order valence-corrected chi connectivity index (χ0v) is 10.3. The van der Waals surface area contributed by atoms with Crippen molar-refractivity contribution in [2.45, 2.75) is 33.6 Å². The molecule has 0 aromatic heterocycles. The maximum absolute atomic E-state index is 10.3. The van der Waals surface area contributed by atoms with Crippen LogP contribution in [0.2, 0.25) is 0 Å². The zero-order chi connectivity index (χ0) is 11.0. The number of quaternary nitrogens is 1. The van der Waals surface area contributed by atoms with Crippen LogP contribution in [0.15, 0.2) is 0 Å². The van der Waals surface area contributed by atoms with Gasteiger partial charge in [0.15, 0.2) is 0 Å². The molecule has 0 unspecified atom stereocenters. The van der Waals surface area contributed by atoms with E-state index >= 15 is 0 Å². The summed E-state index contributed by atoms with van der Waals surface area (Å²) < 4.78 is 21.6. The van der Waals surface area contributed by atoms with E-state index in [9.17, 15) is 8.42 Å². The molecule has 4 heteroatoms. The first-order chi connectivity index (χ1) is 6.60. The summed E-state index contributed by atoms with van der Waals surface area (Å²) in [4.78, 5) is 0. The molecule has 0 aromatic carbocycles. The van der Waals surface area contributed by atoms with E-state index in [1.165, 1.54) is 5.37 Å². The lowest BCUT2D eigenvalue weighted by Crippen LogP contribution is -2.48. The summed E-state index contributed by atoms with van der Waals surface area (Å²) in [7, 11) is -1.98. The van der Waals surface area contributed by atoms with Crippen LogP contribution < -0.4 is 0 Å². The smallest absolute Gasteiger partial charge is 0.209 e. The topological polar surface area (TPSA) is 34.1 Å². The molecule has 0 heterocycles. The van der Waals surface area contributed by atoms with Crippen molar-refractivity contribution < 1.29 is 12.9 Å². The van der Waals surface area contributed by atoms with Gasteiger partial charge in [-0.15, -0.1) is 0 Å². The fourth-order valence-electron chi connectivity index (χ4n) is 1.75. The van der Waals surface area contributed by atoms with E-state index in [0.29, 0.717) is 6.42 Å². The van der Waals surface area contributed by atoms with Crippen molar-refractivity contribution in [2.24, 2.45) is 0 Å². The highest BCUT2D eigenvalue weighted by Crippen LogP contribution is 2.07. The van der Waals surface area contributed by atoms with Crippen molar-refractivity contribution in [1.29, 1.82) is 0 Å².